The van der Waals surface area contributed by atoms with Crippen molar-refractivity contribution in [2.75, 3.05) is 18.0 Å². The molecule has 3 fully saturated rings. The van der Waals surface area contributed by atoms with Crippen molar-refractivity contribution in [1.29, 1.82) is 0 Å². The van der Waals surface area contributed by atoms with Gasteiger partial charge in [-0.15, -0.1) is 0 Å². The van der Waals surface area contributed by atoms with Crippen LogP contribution in [0.3, 0.4) is 0 Å². The van der Waals surface area contributed by atoms with Crippen LogP contribution >= 0.6 is 15.9 Å². The molecule has 2 heterocycles. The van der Waals surface area contributed by atoms with Gasteiger partial charge in [-0.25, -0.2) is 13.6 Å². The van der Waals surface area contributed by atoms with E-state index in [0.717, 1.165) is 18.9 Å². The van der Waals surface area contributed by atoms with Crippen LogP contribution in [-0.2, 0) is 0 Å². The summed E-state index contributed by atoms with van der Waals surface area (Å²) in [6.45, 7) is 1.12. The maximum absolute atomic E-state index is 15.1. The summed E-state index contributed by atoms with van der Waals surface area (Å²) in [4.78, 5) is 26.0. The third kappa shape index (κ3) is 2.45. The van der Waals surface area contributed by atoms with Crippen molar-refractivity contribution in [3.05, 3.63) is 38.3 Å². The maximum Gasteiger partial charge on any atom is 0.341 e. The van der Waals surface area contributed by atoms with Crippen molar-refractivity contribution < 1.29 is 18.7 Å². The van der Waals surface area contributed by atoms with Crippen molar-refractivity contribution in [3.8, 4) is 0 Å². The fourth-order valence-corrected chi connectivity index (χ4v) is 5.29. The Morgan fingerprint density at radius 1 is 1.39 bits per heavy atom. The van der Waals surface area contributed by atoms with Gasteiger partial charge in [-0.05, 0) is 34.8 Å². The predicted molar refractivity (Wildman–Crippen MR) is 103 cm³/mol. The summed E-state index contributed by atoms with van der Waals surface area (Å²) < 4.78 is 30.7. The molecule has 2 saturated carbocycles. The van der Waals surface area contributed by atoms with E-state index in [1.807, 2.05) is 4.90 Å². The highest BCUT2D eigenvalue weighted by Gasteiger charge is 2.54. The van der Waals surface area contributed by atoms with E-state index in [1.165, 1.54) is 10.8 Å². The van der Waals surface area contributed by atoms with Gasteiger partial charge in [0.25, 0.3) is 0 Å². The lowest BCUT2D eigenvalue weighted by Gasteiger charge is -2.23. The van der Waals surface area contributed by atoms with Crippen molar-refractivity contribution in [3.63, 3.8) is 0 Å². The monoisotopic (exact) mass is 453 g/mol. The van der Waals surface area contributed by atoms with Crippen molar-refractivity contribution >= 4 is 38.5 Å². The molecule has 3 unspecified atom stereocenters. The number of hydrogen-bond donors (Lipinski definition) is 2. The summed E-state index contributed by atoms with van der Waals surface area (Å²) >= 11 is 3.43. The summed E-state index contributed by atoms with van der Waals surface area (Å²) in [5.41, 5.74) is 5.61. The molecular formula is C19H18BrF2N3O3. The Balaban J connectivity index is 1.75. The average molecular weight is 454 g/mol. The number of carbonyl (C=O) groups is 1. The Labute approximate surface area is 167 Å². The number of halogens is 3. The molecule has 1 aromatic heterocycles. The quantitative estimate of drug-likeness (QED) is 0.745. The van der Waals surface area contributed by atoms with Crippen molar-refractivity contribution in [2.24, 2.45) is 11.1 Å². The van der Waals surface area contributed by atoms with Gasteiger partial charge in [0.1, 0.15) is 17.6 Å². The second kappa shape index (κ2) is 5.76. The van der Waals surface area contributed by atoms with Crippen LogP contribution in [0.5, 0.6) is 0 Å². The number of pyridine rings is 1. The van der Waals surface area contributed by atoms with Gasteiger partial charge in [0.05, 0.1) is 27.1 Å². The van der Waals surface area contributed by atoms with Crippen LogP contribution in [0, 0.1) is 11.2 Å². The first-order valence-electron chi connectivity index (χ1n) is 9.18. The lowest BCUT2D eigenvalue weighted by atomic mass is 10.0. The van der Waals surface area contributed by atoms with Gasteiger partial charge in [-0.3, -0.25) is 4.79 Å². The first-order chi connectivity index (χ1) is 13.2. The summed E-state index contributed by atoms with van der Waals surface area (Å²) in [7, 11) is 0. The fraction of sp³-hybridized carbons (Fsp3) is 0.474. The second-order valence-corrected chi connectivity index (χ2v) is 8.96. The van der Waals surface area contributed by atoms with Crippen LogP contribution in [0.1, 0.15) is 35.7 Å². The number of benzene rings is 1. The van der Waals surface area contributed by atoms with E-state index in [1.54, 1.807) is 0 Å². The van der Waals surface area contributed by atoms with Gasteiger partial charge in [-0.2, -0.15) is 0 Å². The van der Waals surface area contributed by atoms with E-state index in [4.69, 9.17) is 5.73 Å². The molecular weight excluding hydrogens is 436 g/mol. The second-order valence-electron chi connectivity index (χ2n) is 8.17. The van der Waals surface area contributed by atoms with E-state index in [-0.39, 0.29) is 23.3 Å². The molecule has 28 heavy (non-hydrogen) atoms. The molecule has 1 aromatic carbocycles. The number of carboxylic acids is 1. The number of carboxylic acid groups (broad SMARTS) is 1. The van der Waals surface area contributed by atoms with Gasteiger partial charge in [0.2, 0.25) is 5.43 Å². The highest BCUT2D eigenvalue weighted by Crippen LogP contribution is 2.54. The van der Waals surface area contributed by atoms with Crippen LogP contribution < -0.4 is 16.1 Å². The minimum Gasteiger partial charge on any atom is -0.477 e. The number of nitrogens with two attached hydrogens (primary N) is 1. The molecule has 2 aliphatic carbocycles. The number of alkyl halides is 1. The lowest BCUT2D eigenvalue weighted by molar-refractivity contribution is 0.0694. The zero-order valence-electron chi connectivity index (χ0n) is 14.8. The van der Waals surface area contributed by atoms with Crippen LogP contribution in [-0.4, -0.2) is 40.9 Å². The largest absolute Gasteiger partial charge is 0.477 e. The zero-order valence-corrected chi connectivity index (χ0v) is 16.4. The summed E-state index contributed by atoms with van der Waals surface area (Å²) in [6.07, 6.45) is 2.30. The van der Waals surface area contributed by atoms with Gasteiger partial charge >= 0.3 is 5.97 Å². The van der Waals surface area contributed by atoms with E-state index < -0.39 is 35.0 Å². The topological polar surface area (TPSA) is 88.6 Å². The lowest BCUT2D eigenvalue weighted by Crippen LogP contribution is -2.30. The molecule has 3 aliphatic rings. The minimum atomic E-state index is -1.42. The maximum atomic E-state index is 15.1. The smallest absolute Gasteiger partial charge is 0.341 e. The number of anilines is 1. The summed E-state index contributed by atoms with van der Waals surface area (Å²) in [5, 5.41) is 9.27. The predicted octanol–water partition coefficient (Wildman–Crippen LogP) is 2.81. The van der Waals surface area contributed by atoms with Crippen LogP contribution in [0.2, 0.25) is 0 Å². The summed E-state index contributed by atoms with van der Waals surface area (Å²) in [5.74, 6) is -2.04. The molecule has 148 valence electrons. The Kier molecular flexibility index (Phi) is 3.71. The number of hydrogen-bond acceptors (Lipinski definition) is 4. The Morgan fingerprint density at radius 3 is 2.61 bits per heavy atom. The Bertz CT molecular complexity index is 1100. The Morgan fingerprint density at radius 2 is 2.07 bits per heavy atom. The molecule has 5 rings (SSSR count). The summed E-state index contributed by atoms with van der Waals surface area (Å²) in [6, 6.07) is 0.455. The van der Waals surface area contributed by atoms with Gasteiger partial charge < -0.3 is 20.3 Å². The van der Waals surface area contributed by atoms with Gasteiger partial charge in [-0.1, -0.05) is 0 Å². The highest BCUT2D eigenvalue weighted by molar-refractivity contribution is 9.10. The van der Waals surface area contributed by atoms with Crippen LogP contribution in [0.4, 0.5) is 14.5 Å². The number of rotatable bonds is 3. The molecule has 1 spiro atoms. The van der Waals surface area contributed by atoms with E-state index in [9.17, 15) is 19.1 Å². The van der Waals surface area contributed by atoms with Crippen LogP contribution in [0.15, 0.2) is 21.5 Å². The standard InChI is InChI=1S/C19H18BrF2N3O3/c20-14-15-8(17(26)9(18(27)28)5-25(15)12-4-10(12)21)3-11(22)16(14)24-6-13(23)19(7-24)1-2-19/h3,5,10,12-13H,1-2,4,6-7,23H2,(H,27,28). The van der Waals surface area contributed by atoms with Gasteiger partial charge in [0, 0.05) is 37.2 Å². The third-order valence-corrected chi connectivity index (χ3v) is 7.12. The zero-order chi connectivity index (χ0) is 20.0. The molecule has 2 aromatic rings. The highest BCUT2D eigenvalue weighted by atomic mass is 79.9. The molecule has 0 amide bonds. The fourth-order valence-electron chi connectivity index (χ4n) is 4.43. The molecule has 9 heteroatoms. The molecule has 0 bridgehead atoms. The molecule has 0 radical (unpaired) electrons. The minimum absolute atomic E-state index is 0.0220. The Hall–Kier alpha value is -2.00. The van der Waals surface area contributed by atoms with Crippen molar-refractivity contribution in [2.45, 2.75) is 37.5 Å². The normalized spacial score (nSPS) is 27.6. The molecule has 3 N–H and O–H groups in total. The van der Waals surface area contributed by atoms with E-state index in [2.05, 4.69) is 15.9 Å². The van der Waals surface area contributed by atoms with E-state index >= 15 is 4.39 Å². The first kappa shape index (κ1) is 18.1. The number of nitrogens with zero attached hydrogens (tertiary/aromatic N) is 2. The van der Waals surface area contributed by atoms with Crippen LogP contribution in [0.25, 0.3) is 10.9 Å². The first-order valence-corrected chi connectivity index (χ1v) is 9.97. The molecule has 1 aliphatic heterocycles. The molecule has 1 saturated heterocycles. The number of fused-ring (bicyclic) bond motifs is 1. The molecule has 6 nitrogen and oxygen atoms in total. The van der Waals surface area contributed by atoms with Crippen molar-refractivity contribution in [1.82, 2.24) is 4.57 Å². The number of aromatic nitrogens is 1. The average Bonchev–Trinajstić information content (AvgIpc) is 3.51. The van der Waals surface area contributed by atoms with Gasteiger partial charge in [0.15, 0.2) is 0 Å². The molecule has 3 atom stereocenters. The number of aromatic carboxylic acids is 1. The SMILES string of the molecule is NC1CN(c2c(F)cc3c(=O)c(C(=O)O)cn(C4CC4F)c3c2Br)CC12CC2. The van der Waals surface area contributed by atoms with E-state index in [0.29, 0.717) is 28.8 Å². The third-order valence-electron chi connectivity index (χ3n) is 6.37.